The standard InChI is InChI=1S/C18H14N4O2S/c23-17(20-11-12-5-7-19-8-6-12)13-3-4-16-14(10-13)21-18(24)15-2-1-9-22(15)25-16/h1-10H,11H2,(H,20,23)(H,21,24). The van der Waals surface area contributed by atoms with Gasteiger partial charge in [0.1, 0.15) is 5.69 Å². The van der Waals surface area contributed by atoms with Crippen LogP contribution in [-0.2, 0) is 6.54 Å². The number of carbonyl (C=O) groups is 2. The van der Waals surface area contributed by atoms with Gasteiger partial charge in [-0.15, -0.1) is 0 Å². The van der Waals surface area contributed by atoms with Crippen molar-refractivity contribution in [3.8, 4) is 0 Å². The molecule has 25 heavy (non-hydrogen) atoms. The summed E-state index contributed by atoms with van der Waals surface area (Å²) in [6, 6.07) is 12.6. The molecule has 4 rings (SSSR count). The van der Waals surface area contributed by atoms with Crippen LogP contribution in [0.25, 0.3) is 0 Å². The van der Waals surface area contributed by atoms with Gasteiger partial charge < -0.3 is 10.6 Å². The van der Waals surface area contributed by atoms with Gasteiger partial charge in [0, 0.05) is 30.7 Å². The fourth-order valence-corrected chi connectivity index (χ4v) is 3.47. The first kappa shape index (κ1) is 15.5. The monoisotopic (exact) mass is 350 g/mol. The Hall–Kier alpha value is -3.06. The number of amides is 2. The van der Waals surface area contributed by atoms with E-state index < -0.39 is 0 Å². The summed E-state index contributed by atoms with van der Waals surface area (Å²) in [4.78, 5) is 29.5. The molecule has 2 aromatic heterocycles. The number of benzene rings is 1. The van der Waals surface area contributed by atoms with Gasteiger partial charge in [0.15, 0.2) is 0 Å². The summed E-state index contributed by atoms with van der Waals surface area (Å²) >= 11 is 1.44. The van der Waals surface area contributed by atoms with Crippen molar-refractivity contribution < 1.29 is 9.59 Å². The van der Waals surface area contributed by atoms with Crippen molar-refractivity contribution in [2.24, 2.45) is 0 Å². The Morgan fingerprint density at radius 1 is 1.20 bits per heavy atom. The second-order valence-electron chi connectivity index (χ2n) is 5.51. The fraction of sp³-hybridized carbons (Fsp3) is 0.0556. The summed E-state index contributed by atoms with van der Waals surface area (Å²) in [6.45, 7) is 0.422. The molecule has 3 aromatic rings. The van der Waals surface area contributed by atoms with E-state index in [1.54, 1.807) is 30.6 Å². The highest BCUT2D eigenvalue weighted by atomic mass is 32.2. The summed E-state index contributed by atoms with van der Waals surface area (Å²) in [6.07, 6.45) is 5.21. The molecule has 0 radical (unpaired) electrons. The molecule has 0 unspecified atom stereocenters. The molecule has 0 aliphatic carbocycles. The predicted molar refractivity (Wildman–Crippen MR) is 95.5 cm³/mol. The molecule has 2 N–H and O–H groups in total. The highest BCUT2D eigenvalue weighted by Gasteiger charge is 2.20. The molecular weight excluding hydrogens is 336 g/mol. The molecular formula is C18H14N4O2S. The van der Waals surface area contributed by atoms with Gasteiger partial charge in [0.05, 0.1) is 10.6 Å². The number of hydrogen-bond donors (Lipinski definition) is 2. The van der Waals surface area contributed by atoms with E-state index in [0.717, 1.165) is 10.5 Å². The van der Waals surface area contributed by atoms with E-state index in [0.29, 0.717) is 23.5 Å². The summed E-state index contributed by atoms with van der Waals surface area (Å²) < 4.78 is 1.81. The molecule has 0 fully saturated rings. The number of carbonyl (C=O) groups excluding carboxylic acids is 2. The Morgan fingerprint density at radius 2 is 2.04 bits per heavy atom. The third-order valence-corrected chi connectivity index (χ3v) is 4.90. The minimum Gasteiger partial charge on any atom is -0.348 e. The fourth-order valence-electron chi connectivity index (χ4n) is 2.55. The molecule has 1 aliphatic heterocycles. The number of anilines is 1. The van der Waals surface area contributed by atoms with Crippen LogP contribution in [0.1, 0.15) is 26.4 Å². The van der Waals surface area contributed by atoms with Gasteiger partial charge >= 0.3 is 0 Å². The summed E-state index contributed by atoms with van der Waals surface area (Å²) in [5, 5.41) is 5.73. The van der Waals surface area contributed by atoms with Gasteiger partial charge in [-0.2, -0.15) is 0 Å². The van der Waals surface area contributed by atoms with Crippen LogP contribution < -0.4 is 10.6 Å². The van der Waals surface area contributed by atoms with E-state index in [1.807, 2.05) is 34.4 Å². The van der Waals surface area contributed by atoms with Crippen LogP contribution in [-0.4, -0.2) is 20.8 Å². The van der Waals surface area contributed by atoms with Crippen LogP contribution >= 0.6 is 11.9 Å². The number of rotatable bonds is 3. The third-order valence-electron chi connectivity index (χ3n) is 3.83. The first-order valence-electron chi connectivity index (χ1n) is 7.69. The van der Waals surface area contributed by atoms with Crippen LogP contribution in [0.15, 0.2) is 66.0 Å². The maximum Gasteiger partial charge on any atom is 0.273 e. The Balaban J connectivity index is 1.54. The van der Waals surface area contributed by atoms with Gasteiger partial charge in [-0.25, -0.2) is 0 Å². The topological polar surface area (TPSA) is 76.0 Å². The van der Waals surface area contributed by atoms with E-state index in [1.165, 1.54) is 11.9 Å². The smallest absolute Gasteiger partial charge is 0.273 e. The van der Waals surface area contributed by atoms with Gasteiger partial charge in [0.25, 0.3) is 11.8 Å². The van der Waals surface area contributed by atoms with E-state index in [2.05, 4.69) is 15.6 Å². The number of pyridine rings is 1. The Labute approximate surface area is 148 Å². The van der Waals surface area contributed by atoms with Crippen molar-refractivity contribution in [3.63, 3.8) is 0 Å². The Bertz CT molecular complexity index is 953. The SMILES string of the molecule is O=C(NCc1ccncc1)c1ccc2c(c1)NC(=O)c1cccn1S2. The minimum absolute atomic E-state index is 0.189. The van der Waals surface area contributed by atoms with Crippen molar-refractivity contribution in [2.75, 3.05) is 5.32 Å². The molecule has 0 atom stereocenters. The average Bonchev–Trinajstić information content (AvgIpc) is 3.05. The lowest BCUT2D eigenvalue weighted by atomic mass is 10.1. The van der Waals surface area contributed by atoms with E-state index in [-0.39, 0.29) is 11.8 Å². The maximum atomic E-state index is 12.4. The number of fused-ring (bicyclic) bond motifs is 2. The van der Waals surface area contributed by atoms with Crippen LogP contribution in [0.2, 0.25) is 0 Å². The average molecular weight is 350 g/mol. The van der Waals surface area contributed by atoms with Crippen molar-refractivity contribution >= 4 is 29.4 Å². The molecule has 0 saturated heterocycles. The van der Waals surface area contributed by atoms with E-state index in [9.17, 15) is 9.59 Å². The number of nitrogens with one attached hydrogen (secondary N) is 2. The molecule has 0 saturated carbocycles. The highest BCUT2D eigenvalue weighted by Crippen LogP contribution is 2.33. The Morgan fingerprint density at radius 3 is 2.88 bits per heavy atom. The van der Waals surface area contributed by atoms with Crippen molar-refractivity contribution in [2.45, 2.75) is 11.4 Å². The molecule has 0 spiro atoms. The molecule has 124 valence electrons. The molecule has 3 heterocycles. The van der Waals surface area contributed by atoms with Crippen molar-refractivity contribution in [1.82, 2.24) is 14.3 Å². The second kappa shape index (κ2) is 6.45. The molecule has 2 amide bonds. The molecule has 1 aliphatic rings. The normalized spacial score (nSPS) is 12.6. The van der Waals surface area contributed by atoms with Gasteiger partial charge in [-0.3, -0.25) is 18.5 Å². The zero-order chi connectivity index (χ0) is 17.2. The minimum atomic E-state index is -0.192. The summed E-state index contributed by atoms with van der Waals surface area (Å²) in [5.41, 5.74) is 2.68. The largest absolute Gasteiger partial charge is 0.348 e. The van der Waals surface area contributed by atoms with Crippen molar-refractivity contribution in [3.05, 3.63) is 77.9 Å². The highest BCUT2D eigenvalue weighted by molar-refractivity contribution is 7.98. The lowest BCUT2D eigenvalue weighted by Gasteiger charge is -2.09. The van der Waals surface area contributed by atoms with Crippen molar-refractivity contribution in [1.29, 1.82) is 0 Å². The van der Waals surface area contributed by atoms with Gasteiger partial charge in [-0.1, -0.05) is 0 Å². The third kappa shape index (κ3) is 3.14. The number of aromatic nitrogens is 2. The lowest BCUT2D eigenvalue weighted by molar-refractivity contribution is 0.0949. The van der Waals surface area contributed by atoms with Crippen LogP contribution in [0, 0.1) is 0 Å². The Kier molecular flexibility index (Phi) is 3.99. The van der Waals surface area contributed by atoms with Crippen LogP contribution in [0.3, 0.4) is 0 Å². The first-order valence-corrected chi connectivity index (χ1v) is 8.46. The first-order chi connectivity index (χ1) is 12.2. The maximum absolute atomic E-state index is 12.4. The molecule has 0 bridgehead atoms. The second-order valence-corrected chi connectivity index (χ2v) is 6.53. The predicted octanol–water partition coefficient (Wildman–Crippen LogP) is 2.93. The number of hydrogen-bond acceptors (Lipinski definition) is 4. The molecule has 7 heteroatoms. The van der Waals surface area contributed by atoms with Gasteiger partial charge in [0.2, 0.25) is 0 Å². The summed E-state index contributed by atoms with van der Waals surface area (Å²) in [5.74, 6) is -0.381. The zero-order valence-electron chi connectivity index (χ0n) is 13.1. The quantitative estimate of drug-likeness (QED) is 0.761. The molecule has 1 aromatic carbocycles. The van der Waals surface area contributed by atoms with E-state index in [4.69, 9.17) is 0 Å². The number of nitrogens with zero attached hydrogens (tertiary/aromatic N) is 2. The summed E-state index contributed by atoms with van der Waals surface area (Å²) in [7, 11) is 0. The lowest BCUT2D eigenvalue weighted by Crippen LogP contribution is -2.23. The van der Waals surface area contributed by atoms with E-state index >= 15 is 0 Å². The van der Waals surface area contributed by atoms with Gasteiger partial charge in [-0.05, 0) is 60.0 Å². The molecule has 6 nitrogen and oxygen atoms in total. The van der Waals surface area contributed by atoms with Crippen LogP contribution in [0.5, 0.6) is 0 Å². The van der Waals surface area contributed by atoms with Crippen LogP contribution in [0.4, 0.5) is 5.69 Å². The zero-order valence-corrected chi connectivity index (χ0v) is 13.9.